The number of hydrogen-bond acceptors (Lipinski definition) is 3. The average Bonchev–Trinajstić information content (AvgIpc) is 2.73. The van der Waals surface area contributed by atoms with E-state index in [1.807, 2.05) is 11.3 Å². The molecule has 2 aliphatic carbocycles. The van der Waals surface area contributed by atoms with Crippen LogP contribution in [0, 0.1) is 2.88 Å². The Morgan fingerprint density at radius 1 is 1.22 bits per heavy atom. The Morgan fingerprint density at radius 2 is 2.00 bits per heavy atom. The van der Waals surface area contributed by atoms with Crippen molar-refractivity contribution >= 4 is 33.9 Å². The van der Waals surface area contributed by atoms with Gasteiger partial charge in [0, 0.05) is 23.0 Å². The molecule has 1 aromatic rings. The zero-order chi connectivity index (χ0) is 12.5. The van der Waals surface area contributed by atoms with Gasteiger partial charge in [0.2, 0.25) is 0 Å². The fourth-order valence-electron chi connectivity index (χ4n) is 3.26. The Labute approximate surface area is 127 Å². The predicted molar refractivity (Wildman–Crippen MR) is 86.1 cm³/mol. The van der Waals surface area contributed by atoms with Crippen molar-refractivity contribution in [2.75, 3.05) is 0 Å². The SMILES string of the molecule is NC1CCC(NC2CCCc3sc(I)cc32)CC1. The summed E-state index contributed by atoms with van der Waals surface area (Å²) in [7, 11) is 0. The summed E-state index contributed by atoms with van der Waals surface area (Å²) >= 11 is 4.44. The first kappa shape index (κ1) is 13.3. The van der Waals surface area contributed by atoms with E-state index >= 15 is 0 Å². The lowest BCUT2D eigenvalue weighted by Crippen LogP contribution is -2.39. The molecule has 0 bridgehead atoms. The van der Waals surface area contributed by atoms with Crippen LogP contribution in [0.2, 0.25) is 0 Å². The van der Waals surface area contributed by atoms with Gasteiger partial charge in [-0.2, -0.15) is 0 Å². The maximum atomic E-state index is 5.98. The molecule has 2 aliphatic rings. The molecular formula is C14H21IN2S. The van der Waals surface area contributed by atoms with Gasteiger partial charge in [0.25, 0.3) is 0 Å². The van der Waals surface area contributed by atoms with E-state index in [0.29, 0.717) is 18.1 Å². The van der Waals surface area contributed by atoms with Gasteiger partial charge in [0.05, 0.1) is 2.88 Å². The van der Waals surface area contributed by atoms with Crippen LogP contribution in [0.4, 0.5) is 0 Å². The summed E-state index contributed by atoms with van der Waals surface area (Å²) in [5, 5.41) is 3.90. The quantitative estimate of drug-likeness (QED) is 0.775. The molecular weight excluding hydrogens is 355 g/mol. The first-order valence-corrected chi connectivity index (χ1v) is 8.91. The van der Waals surface area contributed by atoms with Crippen LogP contribution in [-0.2, 0) is 6.42 Å². The predicted octanol–water partition coefficient (Wildman–Crippen LogP) is 3.59. The largest absolute Gasteiger partial charge is 0.328 e. The smallest absolute Gasteiger partial charge is 0.0659 e. The minimum Gasteiger partial charge on any atom is -0.328 e. The van der Waals surface area contributed by atoms with Crippen molar-refractivity contribution in [3.05, 3.63) is 19.4 Å². The molecule has 100 valence electrons. The second kappa shape index (κ2) is 5.77. The van der Waals surface area contributed by atoms with E-state index in [-0.39, 0.29) is 0 Å². The highest BCUT2D eigenvalue weighted by atomic mass is 127. The minimum atomic E-state index is 0.451. The molecule has 0 aromatic carbocycles. The standard InChI is InChI=1S/C14H21IN2S/c15-14-8-11-12(2-1-3-13(11)18-14)17-10-6-4-9(16)5-7-10/h8-10,12,17H,1-7,16H2. The zero-order valence-corrected chi connectivity index (χ0v) is 13.6. The number of halogens is 1. The third-order valence-electron chi connectivity index (χ3n) is 4.29. The Bertz CT molecular complexity index is 410. The van der Waals surface area contributed by atoms with Gasteiger partial charge in [-0.1, -0.05) is 0 Å². The molecule has 1 atom stereocenters. The van der Waals surface area contributed by atoms with Gasteiger partial charge < -0.3 is 11.1 Å². The topological polar surface area (TPSA) is 38.0 Å². The van der Waals surface area contributed by atoms with E-state index in [0.717, 1.165) is 0 Å². The van der Waals surface area contributed by atoms with Gasteiger partial charge in [0.1, 0.15) is 0 Å². The lowest BCUT2D eigenvalue weighted by atomic mass is 9.88. The molecule has 1 unspecified atom stereocenters. The van der Waals surface area contributed by atoms with Crippen LogP contribution in [0.3, 0.4) is 0 Å². The summed E-state index contributed by atoms with van der Waals surface area (Å²) < 4.78 is 1.44. The number of thiophene rings is 1. The van der Waals surface area contributed by atoms with Crippen LogP contribution in [0.1, 0.15) is 55.0 Å². The number of rotatable bonds is 2. The van der Waals surface area contributed by atoms with Crippen LogP contribution in [0.15, 0.2) is 6.07 Å². The van der Waals surface area contributed by atoms with Crippen molar-refractivity contribution in [2.45, 2.75) is 63.1 Å². The van der Waals surface area contributed by atoms with Crippen molar-refractivity contribution < 1.29 is 0 Å². The van der Waals surface area contributed by atoms with Gasteiger partial charge in [-0.05, 0) is 79.2 Å². The minimum absolute atomic E-state index is 0.451. The summed E-state index contributed by atoms with van der Waals surface area (Å²) in [5.41, 5.74) is 7.57. The van der Waals surface area contributed by atoms with E-state index in [1.165, 1.54) is 47.8 Å². The van der Waals surface area contributed by atoms with Crippen LogP contribution in [0.25, 0.3) is 0 Å². The summed E-state index contributed by atoms with van der Waals surface area (Å²) in [6.07, 6.45) is 8.84. The normalized spacial score (nSPS) is 32.2. The van der Waals surface area contributed by atoms with E-state index < -0.39 is 0 Å². The number of aryl methyl sites for hydroxylation is 1. The maximum absolute atomic E-state index is 5.98. The van der Waals surface area contributed by atoms with Gasteiger partial charge in [-0.25, -0.2) is 0 Å². The molecule has 2 nitrogen and oxygen atoms in total. The molecule has 0 radical (unpaired) electrons. The molecule has 3 rings (SSSR count). The highest BCUT2D eigenvalue weighted by Crippen LogP contribution is 2.37. The van der Waals surface area contributed by atoms with Crippen LogP contribution in [0.5, 0.6) is 0 Å². The maximum Gasteiger partial charge on any atom is 0.0659 e. The Morgan fingerprint density at radius 3 is 2.78 bits per heavy atom. The molecule has 0 amide bonds. The highest BCUT2D eigenvalue weighted by molar-refractivity contribution is 14.1. The highest BCUT2D eigenvalue weighted by Gasteiger charge is 2.26. The molecule has 0 spiro atoms. The lowest BCUT2D eigenvalue weighted by Gasteiger charge is -2.32. The van der Waals surface area contributed by atoms with E-state index in [2.05, 4.69) is 34.0 Å². The molecule has 4 heteroatoms. The first-order chi connectivity index (χ1) is 8.72. The fourth-order valence-corrected chi connectivity index (χ4v) is 5.38. The second-order valence-electron chi connectivity index (χ2n) is 5.65. The number of nitrogens with one attached hydrogen (secondary N) is 1. The molecule has 1 aromatic heterocycles. The first-order valence-electron chi connectivity index (χ1n) is 7.02. The molecule has 0 aliphatic heterocycles. The summed E-state index contributed by atoms with van der Waals surface area (Å²) in [4.78, 5) is 1.62. The summed E-state index contributed by atoms with van der Waals surface area (Å²) in [5.74, 6) is 0. The van der Waals surface area contributed by atoms with Crippen LogP contribution < -0.4 is 11.1 Å². The summed E-state index contributed by atoms with van der Waals surface area (Å²) in [6.45, 7) is 0. The van der Waals surface area contributed by atoms with Gasteiger partial charge in [-0.15, -0.1) is 11.3 Å². The Balaban J connectivity index is 1.67. The number of fused-ring (bicyclic) bond motifs is 1. The fraction of sp³-hybridized carbons (Fsp3) is 0.714. The Kier molecular flexibility index (Phi) is 4.28. The van der Waals surface area contributed by atoms with Gasteiger partial charge in [-0.3, -0.25) is 0 Å². The van der Waals surface area contributed by atoms with Crippen molar-refractivity contribution in [2.24, 2.45) is 5.73 Å². The van der Waals surface area contributed by atoms with Crippen LogP contribution >= 0.6 is 33.9 Å². The number of hydrogen-bond donors (Lipinski definition) is 2. The number of nitrogens with two attached hydrogens (primary N) is 1. The van der Waals surface area contributed by atoms with Crippen LogP contribution in [-0.4, -0.2) is 12.1 Å². The molecule has 18 heavy (non-hydrogen) atoms. The summed E-state index contributed by atoms with van der Waals surface area (Å²) in [6, 6.07) is 4.14. The second-order valence-corrected chi connectivity index (χ2v) is 8.68. The third kappa shape index (κ3) is 2.92. The molecule has 1 saturated carbocycles. The Hall–Kier alpha value is 0.350. The average molecular weight is 376 g/mol. The van der Waals surface area contributed by atoms with Gasteiger partial charge in [0.15, 0.2) is 0 Å². The van der Waals surface area contributed by atoms with Crippen molar-refractivity contribution in [1.29, 1.82) is 0 Å². The monoisotopic (exact) mass is 376 g/mol. The molecule has 1 fully saturated rings. The van der Waals surface area contributed by atoms with E-state index in [4.69, 9.17) is 5.73 Å². The molecule has 3 N–H and O–H groups in total. The van der Waals surface area contributed by atoms with E-state index in [9.17, 15) is 0 Å². The molecule has 1 heterocycles. The van der Waals surface area contributed by atoms with Crippen molar-refractivity contribution in [3.63, 3.8) is 0 Å². The van der Waals surface area contributed by atoms with Gasteiger partial charge >= 0.3 is 0 Å². The van der Waals surface area contributed by atoms with Crippen molar-refractivity contribution in [3.8, 4) is 0 Å². The van der Waals surface area contributed by atoms with E-state index in [1.54, 1.807) is 10.4 Å². The lowest BCUT2D eigenvalue weighted by molar-refractivity contribution is 0.303. The van der Waals surface area contributed by atoms with Crippen molar-refractivity contribution in [1.82, 2.24) is 5.32 Å². The zero-order valence-electron chi connectivity index (χ0n) is 10.6. The third-order valence-corrected chi connectivity index (χ3v) is 6.26. The molecule has 0 saturated heterocycles.